The Balaban J connectivity index is 0.000000686. The Morgan fingerprint density at radius 3 is 2.59 bits per heavy atom. The molecule has 1 aromatic rings. The van der Waals surface area contributed by atoms with Crippen LogP contribution in [0.3, 0.4) is 0 Å². The van der Waals surface area contributed by atoms with Gasteiger partial charge in [0.2, 0.25) is 0 Å². The highest BCUT2D eigenvalue weighted by Gasteiger charge is 2.21. The third-order valence-electron chi connectivity index (χ3n) is 3.87. The molecule has 0 aromatic heterocycles. The Morgan fingerprint density at radius 1 is 1.18 bits per heavy atom. The van der Waals surface area contributed by atoms with Crippen molar-refractivity contribution in [1.82, 2.24) is 0 Å². The van der Waals surface area contributed by atoms with Gasteiger partial charge in [0.05, 0.1) is 0 Å². The predicted molar refractivity (Wildman–Crippen MR) is 77.5 cm³/mol. The number of hydrogen-bond acceptors (Lipinski definition) is 0. The molecule has 0 aliphatic heterocycles. The van der Waals surface area contributed by atoms with Crippen LogP contribution in [0.1, 0.15) is 69.9 Å². The minimum Gasteiger partial charge on any atom is -0.0683 e. The van der Waals surface area contributed by atoms with Crippen LogP contribution in [0.25, 0.3) is 0 Å². The lowest BCUT2D eigenvalue weighted by atomic mass is 9.77. The first-order chi connectivity index (χ1) is 8.29. The van der Waals surface area contributed by atoms with Crippen molar-refractivity contribution >= 4 is 0 Å². The van der Waals surface area contributed by atoms with E-state index < -0.39 is 0 Å². The van der Waals surface area contributed by atoms with E-state index in [1.54, 1.807) is 5.56 Å². The van der Waals surface area contributed by atoms with Crippen molar-refractivity contribution < 1.29 is 0 Å². The SMILES string of the molecule is CC.CCC1CCCC(c2cccc(C)c2)C1. The summed E-state index contributed by atoms with van der Waals surface area (Å²) in [7, 11) is 0. The van der Waals surface area contributed by atoms with Crippen molar-refractivity contribution in [2.75, 3.05) is 0 Å². The Labute approximate surface area is 107 Å². The number of hydrogen-bond donors (Lipinski definition) is 0. The molecule has 0 N–H and O–H groups in total. The molecule has 96 valence electrons. The van der Waals surface area contributed by atoms with E-state index in [0.29, 0.717) is 0 Å². The molecule has 2 unspecified atom stereocenters. The molecule has 0 amide bonds. The Morgan fingerprint density at radius 2 is 1.94 bits per heavy atom. The fraction of sp³-hybridized carbons (Fsp3) is 0.647. The zero-order chi connectivity index (χ0) is 12.7. The minimum atomic E-state index is 0.837. The third kappa shape index (κ3) is 4.18. The molecule has 0 nitrogen and oxygen atoms in total. The highest BCUT2D eigenvalue weighted by Crippen LogP contribution is 2.37. The van der Waals surface area contributed by atoms with Crippen molar-refractivity contribution in [3.63, 3.8) is 0 Å². The Hall–Kier alpha value is -0.780. The summed E-state index contributed by atoms with van der Waals surface area (Å²) in [6.07, 6.45) is 7.07. The Kier molecular flexibility index (Phi) is 6.32. The van der Waals surface area contributed by atoms with Gasteiger partial charge >= 0.3 is 0 Å². The van der Waals surface area contributed by atoms with Gasteiger partial charge in [-0.25, -0.2) is 0 Å². The molecule has 2 atom stereocenters. The Bertz CT molecular complexity index is 314. The summed E-state index contributed by atoms with van der Waals surface area (Å²) in [5.41, 5.74) is 2.99. The summed E-state index contributed by atoms with van der Waals surface area (Å²) in [6.45, 7) is 8.53. The summed E-state index contributed by atoms with van der Waals surface area (Å²) >= 11 is 0. The van der Waals surface area contributed by atoms with Crippen molar-refractivity contribution in [2.45, 2.75) is 65.7 Å². The first-order valence-corrected chi connectivity index (χ1v) is 7.36. The van der Waals surface area contributed by atoms with E-state index in [0.717, 1.165) is 11.8 Å². The smallest absolute Gasteiger partial charge is 0.0159 e. The van der Waals surface area contributed by atoms with Crippen molar-refractivity contribution in [1.29, 1.82) is 0 Å². The third-order valence-corrected chi connectivity index (χ3v) is 3.87. The van der Waals surface area contributed by atoms with Crippen LogP contribution in [-0.4, -0.2) is 0 Å². The van der Waals surface area contributed by atoms with Crippen LogP contribution in [0.4, 0.5) is 0 Å². The van der Waals surface area contributed by atoms with E-state index in [1.165, 1.54) is 37.7 Å². The van der Waals surface area contributed by atoms with Gasteiger partial charge in [0.15, 0.2) is 0 Å². The fourth-order valence-electron chi connectivity index (χ4n) is 2.89. The van der Waals surface area contributed by atoms with E-state index in [2.05, 4.69) is 38.1 Å². The van der Waals surface area contributed by atoms with Crippen LogP contribution in [0.5, 0.6) is 0 Å². The number of benzene rings is 1. The molecule has 1 fully saturated rings. The first-order valence-electron chi connectivity index (χ1n) is 7.36. The van der Waals surface area contributed by atoms with Crippen LogP contribution in [0, 0.1) is 12.8 Å². The van der Waals surface area contributed by atoms with E-state index >= 15 is 0 Å². The molecule has 2 rings (SSSR count). The highest BCUT2D eigenvalue weighted by atomic mass is 14.3. The quantitative estimate of drug-likeness (QED) is 0.613. The zero-order valence-corrected chi connectivity index (χ0v) is 12.0. The zero-order valence-electron chi connectivity index (χ0n) is 12.0. The second-order valence-electron chi connectivity index (χ2n) is 5.05. The molecule has 1 aliphatic rings. The summed E-state index contributed by atoms with van der Waals surface area (Å²) in [4.78, 5) is 0. The topological polar surface area (TPSA) is 0 Å². The molecule has 1 aromatic carbocycles. The van der Waals surface area contributed by atoms with E-state index in [9.17, 15) is 0 Å². The summed E-state index contributed by atoms with van der Waals surface area (Å²) in [6, 6.07) is 9.10. The normalized spacial score (nSPS) is 23.8. The van der Waals surface area contributed by atoms with Crippen molar-refractivity contribution in [3.05, 3.63) is 35.4 Å². The van der Waals surface area contributed by atoms with Gasteiger partial charge in [-0.05, 0) is 37.2 Å². The molecule has 0 spiro atoms. The maximum atomic E-state index is 2.38. The monoisotopic (exact) mass is 232 g/mol. The molecule has 1 aliphatic carbocycles. The van der Waals surface area contributed by atoms with Crippen LogP contribution in [0.15, 0.2) is 24.3 Å². The standard InChI is InChI=1S/C15H22.C2H6/c1-3-13-7-5-9-15(11-13)14-8-4-6-12(2)10-14;1-2/h4,6,8,10,13,15H,3,5,7,9,11H2,1-2H3;1-2H3. The molecule has 17 heavy (non-hydrogen) atoms. The number of aryl methyl sites for hydroxylation is 1. The van der Waals surface area contributed by atoms with Gasteiger partial charge in [0.25, 0.3) is 0 Å². The first kappa shape index (κ1) is 14.3. The fourth-order valence-corrected chi connectivity index (χ4v) is 2.89. The molecule has 0 bridgehead atoms. The van der Waals surface area contributed by atoms with Crippen LogP contribution in [0.2, 0.25) is 0 Å². The largest absolute Gasteiger partial charge is 0.0683 e. The molecule has 0 radical (unpaired) electrons. The summed E-state index contributed by atoms with van der Waals surface area (Å²) in [5.74, 6) is 1.81. The van der Waals surface area contributed by atoms with Crippen molar-refractivity contribution in [2.24, 2.45) is 5.92 Å². The molecular weight excluding hydrogens is 204 g/mol. The van der Waals surface area contributed by atoms with Gasteiger partial charge in [-0.15, -0.1) is 0 Å². The molecule has 0 heterocycles. The second-order valence-corrected chi connectivity index (χ2v) is 5.05. The van der Waals surface area contributed by atoms with E-state index in [4.69, 9.17) is 0 Å². The van der Waals surface area contributed by atoms with Gasteiger partial charge in [0.1, 0.15) is 0 Å². The highest BCUT2D eigenvalue weighted by molar-refractivity contribution is 5.25. The molecular formula is C17H28. The van der Waals surface area contributed by atoms with Gasteiger partial charge in [-0.2, -0.15) is 0 Å². The maximum absolute atomic E-state index is 2.38. The molecule has 0 saturated heterocycles. The summed E-state index contributed by atoms with van der Waals surface area (Å²) < 4.78 is 0. The summed E-state index contributed by atoms with van der Waals surface area (Å²) in [5, 5.41) is 0. The van der Waals surface area contributed by atoms with Crippen LogP contribution < -0.4 is 0 Å². The molecule has 0 heteroatoms. The average molecular weight is 232 g/mol. The number of rotatable bonds is 2. The lowest BCUT2D eigenvalue weighted by Gasteiger charge is -2.28. The molecule has 1 saturated carbocycles. The minimum absolute atomic E-state index is 0.837. The van der Waals surface area contributed by atoms with E-state index in [-0.39, 0.29) is 0 Å². The predicted octanol–water partition coefficient (Wildman–Crippen LogP) is 5.71. The maximum Gasteiger partial charge on any atom is -0.0159 e. The van der Waals surface area contributed by atoms with Crippen LogP contribution >= 0.6 is 0 Å². The van der Waals surface area contributed by atoms with Crippen molar-refractivity contribution in [3.8, 4) is 0 Å². The lowest BCUT2D eigenvalue weighted by molar-refractivity contribution is 0.314. The average Bonchev–Trinajstić information content (AvgIpc) is 2.41. The van der Waals surface area contributed by atoms with Gasteiger partial charge in [0, 0.05) is 0 Å². The van der Waals surface area contributed by atoms with Gasteiger partial charge in [-0.3, -0.25) is 0 Å². The van der Waals surface area contributed by atoms with Gasteiger partial charge in [-0.1, -0.05) is 69.9 Å². The van der Waals surface area contributed by atoms with E-state index in [1.807, 2.05) is 13.8 Å². The second kappa shape index (κ2) is 7.53. The van der Waals surface area contributed by atoms with Gasteiger partial charge < -0.3 is 0 Å². The van der Waals surface area contributed by atoms with Crippen LogP contribution in [-0.2, 0) is 0 Å². The lowest BCUT2D eigenvalue weighted by Crippen LogP contribution is -2.13.